The summed E-state index contributed by atoms with van der Waals surface area (Å²) in [6, 6.07) is 9.15. The second kappa shape index (κ2) is 6.15. The third kappa shape index (κ3) is 3.54. The first-order chi connectivity index (χ1) is 8.56. The quantitative estimate of drug-likeness (QED) is 0.834. The van der Waals surface area contributed by atoms with Crippen LogP contribution in [0, 0.1) is 0 Å². The van der Waals surface area contributed by atoms with Gasteiger partial charge in [-0.1, -0.05) is 33.6 Å². The Balaban J connectivity index is 2.16. The molecule has 0 saturated heterocycles. The Morgan fingerprint density at radius 2 is 2.00 bits per heavy atom. The summed E-state index contributed by atoms with van der Waals surface area (Å²) in [6.45, 7) is 0. The zero-order chi connectivity index (χ0) is 13.1. The lowest BCUT2D eigenvalue weighted by Gasteiger charge is -2.12. The fourth-order valence-corrected chi connectivity index (χ4v) is 2.79. The van der Waals surface area contributed by atoms with Gasteiger partial charge in [-0.05, 0) is 45.8 Å². The number of hydrogen-bond donors (Lipinski definition) is 1. The molecule has 1 N–H and O–H groups in total. The number of aliphatic hydroxyl groups is 1. The van der Waals surface area contributed by atoms with Crippen molar-refractivity contribution in [1.29, 1.82) is 0 Å². The molecular weight excluding hydrogens is 381 g/mol. The van der Waals surface area contributed by atoms with E-state index >= 15 is 0 Å². The van der Waals surface area contributed by atoms with Crippen molar-refractivity contribution in [3.8, 4) is 0 Å². The summed E-state index contributed by atoms with van der Waals surface area (Å²) in [6.07, 6.45) is 1.58. The first kappa shape index (κ1) is 14.0. The van der Waals surface area contributed by atoms with E-state index in [9.17, 15) is 5.11 Å². The molecule has 0 aliphatic carbocycles. The molecule has 0 fully saturated rings. The zero-order valence-corrected chi connectivity index (χ0v) is 13.2. The molecule has 94 valence electrons. The van der Waals surface area contributed by atoms with Gasteiger partial charge < -0.3 is 5.11 Å². The van der Waals surface area contributed by atoms with Crippen LogP contribution in [-0.2, 0) is 6.42 Å². The minimum Gasteiger partial charge on any atom is -0.388 e. The molecule has 1 unspecified atom stereocenters. The van der Waals surface area contributed by atoms with Gasteiger partial charge >= 0.3 is 0 Å². The molecule has 2 rings (SSSR count). The van der Waals surface area contributed by atoms with E-state index in [-0.39, 0.29) is 0 Å². The largest absolute Gasteiger partial charge is 0.388 e. The average molecular weight is 391 g/mol. The van der Waals surface area contributed by atoms with Gasteiger partial charge in [-0.3, -0.25) is 4.98 Å². The molecule has 5 heteroatoms. The van der Waals surface area contributed by atoms with Gasteiger partial charge in [-0.15, -0.1) is 0 Å². The maximum Gasteiger partial charge on any atom is 0.0856 e. The van der Waals surface area contributed by atoms with Crippen LogP contribution in [0.2, 0.25) is 5.02 Å². The summed E-state index contributed by atoms with van der Waals surface area (Å²) in [5.74, 6) is 0. The van der Waals surface area contributed by atoms with Gasteiger partial charge in [-0.25, -0.2) is 0 Å². The van der Waals surface area contributed by atoms with Crippen molar-refractivity contribution in [3.05, 3.63) is 61.8 Å². The molecule has 1 atom stereocenters. The van der Waals surface area contributed by atoms with Crippen LogP contribution in [0.4, 0.5) is 0 Å². The first-order valence-electron chi connectivity index (χ1n) is 5.29. The van der Waals surface area contributed by atoms with Gasteiger partial charge in [-0.2, -0.15) is 0 Å². The van der Waals surface area contributed by atoms with Crippen LogP contribution in [-0.4, -0.2) is 10.1 Å². The van der Waals surface area contributed by atoms with Gasteiger partial charge in [0.25, 0.3) is 0 Å². The maximum absolute atomic E-state index is 10.2. The number of aliphatic hydroxyl groups excluding tert-OH is 1. The Kier molecular flexibility index (Phi) is 4.78. The summed E-state index contributed by atoms with van der Waals surface area (Å²) in [5, 5.41) is 10.8. The Hall–Kier alpha value is -0.420. The molecule has 2 nitrogen and oxygen atoms in total. The van der Waals surface area contributed by atoms with E-state index in [1.807, 2.05) is 18.2 Å². The van der Waals surface area contributed by atoms with E-state index in [0.29, 0.717) is 11.4 Å². The number of nitrogens with zero attached hydrogens (tertiary/aromatic N) is 1. The highest BCUT2D eigenvalue weighted by molar-refractivity contribution is 9.10. The van der Waals surface area contributed by atoms with Crippen LogP contribution in [0.3, 0.4) is 0 Å². The lowest BCUT2D eigenvalue weighted by atomic mass is 10.0. The first-order valence-corrected chi connectivity index (χ1v) is 7.26. The monoisotopic (exact) mass is 389 g/mol. The lowest BCUT2D eigenvalue weighted by Crippen LogP contribution is -2.04. The Bertz CT molecular complexity index is 545. The molecule has 0 radical (unpaired) electrons. The number of halogens is 3. The minimum absolute atomic E-state index is 0.466. The molecule has 0 amide bonds. The molecule has 1 aromatic carbocycles. The molecule has 1 heterocycles. The van der Waals surface area contributed by atoms with E-state index in [1.54, 1.807) is 18.3 Å². The summed E-state index contributed by atoms with van der Waals surface area (Å²) in [7, 11) is 0. The van der Waals surface area contributed by atoms with Crippen molar-refractivity contribution in [2.75, 3.05) is 0 Å². The van der Waals surface area contributed by atoms with E-state index in [4.69, 9.17) is 11.6 Å². The predicted molar refractivity (Wildman–Crippen MR) is 79.8 cm³/mol. The Morgan fingerprint density at radius 3 is 2.61 bits per heavy atom. The standard InChI is InChI=1S/C13H10Br2ClNO/c14-8-1-3-10(17-7-8)6-13(18)11-4-2-9(16)5-12(11)15/h1-5,7,13,18H,6H2. The van der Waals surface area contributed by atoms with Gasteiger partial charge in [0.05, 0.1) is 6.10 Å². The lowest BCUT2D eigenvalue weighted by molar-refractivity contribution is 0.176. The topological polar surface area (TPSA) is 33.1 Å². The third-order valence-electron chi connectivity index (χ3n) is 2.51. The fourth-order valence-electron chi connectivity index (χ4n) is 1.61. The number of aromatic nitrogens is 1. The van der Waals surface area contributed by atoms with Crippen molar-refractivity contribution in [3.63, 3.8) is 0 Å². The Labute approximate surface area is 127 Å². The smallest absolute Gasteiger partial charge is 0.0856 e. The molecule has 18 heavy (non-hydrogen) atoms. The van der Waals surface area contributed by atoms with Gasteiger partial charge in [0.2, 0.25) is 0 Å². The van der Waals surface area contributed by atoms with Crippen molar-refractivity contribution < 1.29 is 5.11 Å². The van der Waals surface area contributed by atoms with Gasteiger partial charge in [0.15, 0.2) is 0 Å². The highest BCUT2D eigenvalue weighted by Gasteiger charge is 2.13. The van der Waals surface area contributed by atoms with Crippen molar-refractivity contribution in [1.82, 2.24) is 4.98 Å². The van der Waals surface area contributed by atoms with Gasteiger partial charge in [0.1, 0.15) is 0 Å². The maximum atomic E-state index is 10.2. The van der Waals surface area contributed by atoms with Crippen LogP contribution < -0.4 is 0 Å². The second-order valence-electron chi connectivity index (χ2n) is 3.85. The molecule has 0 spiro atoms. The van der Waals surface area contributed by atoms with Gasteiger partial charge in [0, 0.05) is 32.3 Å². The predicted octanol–water partition coefficient (Wildman–Crippen LogP) is 4.54. The van der Waals surface area contributed by atoms with E-state index in [1.165, 1.54) is 0 Å². The molecule has 0 bridgehead atoms. The summed E-state index contributed by atoms with van der Waals surface area (Å²) < 4.78 is 1.73. The van der Waals surface area contributed by atoms with Crippen LogP contribution in [0.1, 0.15) is 17.4 Å². The van der Waals surface area contributed by atoms with E-state index in [2.05, 4.69) is 36.8 Å². The van der Waals surface area contributed by atoms with E-state index in [0.717, 1.165) is 20.2 Å². The van der Waals surface area contributed by atoms with Crippen LogP contribution in [0.15, 0.2) is 45.5 Å². The number of benzene rings is 1. The Morgan fingerprint density at radius 1 is 1.22 bits per heavy atom. The van der Waals surface area contributed by atoms with Crippen LogP contribution >= 0.6 is 43.5 Å². The molecule has 0 aliphatic rings. The number of rotatable bonds is 3. The summed E-state index contributed by atoms with van der Waals surface area (Å²) >= 11 is 12.6. The van der Waals surface area contributed by atoms with Crippen LogP contribution in [0.5, 0.6) is 0 Å². The highest BCUT2D eigenvalue weighted by atomic mass is 79.9. The number of hydrogen-bond acceptors (Lipinski definition) is 2. The zero-order valence-electron chi connectivity index (χ0n) is 9.28. The highest BCUT2D eigenvalue weighted by Crippen LogP contribution is 2.28. The molecule has 0 saturated carbocycles. The SMILES string of the molecule is OC(Cc1ccc(Br)cn1)c1ccc(Cl)cc1Br. The molecule has 2 aromatic rings. The van der Waals surface area contributed by atoms with E-state index < -0.39 is 6.10 Å². The van der Waals surface area contributed by atoms with Crippen molar-refractivity contribution in [2.45, 2.75) is 12.5 Å². The fraction of sp³-hybridized carbons (Fsp3) is 0.154. The average Bonchev–Trinajstić information content (AvgIpc) is 2.32. The summed E-state index contributed by atoms with van der Waals surface area (Å²) in [5.41, 5.74) is 1.65. The number of pyridine rings is 1. The molecular formula is C13H10Br2ClNO. The molecule has 0 aliphatic heterocycles. The van der Waals surface area contributed by atoms with Crippen molar-refractivity contribution in [2.24, 2.45) is 0 Å². The summed E-state index contributed by atoms with van der Waals surface area (Å²) in [4.78, 5) is 4.24. The van der Waals surface area contributed by atoms with Crippen LogP contribution in [0.25, 0.3) is 0 Å². The molecule has 1 aromatic heterocycles. The van der Waals surface area contributed by atoms with Crippen molar-refractivity contribution >= 4 is 43.5 Å². The normalized spacial score (nSPS) is 12.4. The third-order valence-corrected chi connectivity index (χ3v) is 3.90. The minimum atomic E-state index is -0.606. The second-order valence-corrected chi connectivity index (χ2v) is 6.06.